The van der Waals surface area contributed by atoms with Crippen LogP contribution in [0.1, 0.15) is 40.5 Å². The Morgan fingerprint density at radius 2 is 1.11 bits per heavy atom. The number of hydrogen-bond donors (Lipinski definition) is 0. The van der Waals surface area contributed by atoms with Crippen molar-refractivity contribution in [1.82, 2.24) is 20.0 Å². The molecule has 3 aliphatic rings. The van der Waals surface area contributed by atoms with Gasteiger partial charge in [0.05, 0.1) is 0 Å². The van der Waals surface area contributed by atoms with Gasteiger partial charge in [-0.15, -0.1) is 0 Å². The van der Waals surface area contributed by atoms with E-state index < -0.39 is 0 Å². The fraction of sp³-hybridized carbons (Fsp3) is 0.545. The maximum Gasteiger partial charge on any atom is 0.229 e. The monoisotopic (exact) mass is 384 g/mol. The molecule has 28 heavy (non-hydrogen) atoms. The van der Waals surface area contributed by atoms with Gasteiger partial charge in [0.15, 0.2) is 5.78 Å². The number of carbonyl (C=O) groups excluding carboxylic acids is 2. The van der Waals surface area contributed by atoms with Gasteiger partial charge in [0.1, 0.15) is 11.4 Å². The lowest BCUT2D eigenvalue weighted by Gasteiger charge is -2.44. The molecular formula is C22H32N4O2. The Hall–Kier alpha value is -2.18. The van der Waals surface area contributed by atoms with Crippen LogP contribution >= 0.6 is 0 Å². The first-order chi connectivity index (χ1) is 13.1. The van der Waals surface area contributed by atoms with Crippen molar-refractivity contribution in [3.63, 3.8) is 0 Å². The highest BCUT2D eigenvalue weighted by atomic mass is 16.1. The molecule has 0 fully saturated rings. The van der Waals surface area contributed by atoms with E-state index in [1.54, 1.807) is 0 Å². The van der Waals surface area contributed by atoms with Gasteiger partial charge in [-0.1, -0.05) is 27.7 Å². The molecule has 152 valence electrons. The van der Waals surface area contributed by atoms with Gasteiger partial charge in [0.25, 0.3) is 0 Å². The summed E-state index contributed by atoms with van der Waals surface area (Å²) in [4.78, 5) is 27.6. The van der Waals surface area contributed by atoms with E-state index in [4.69, 9.17) is 0 Å². The third kappa shape index (κ3) is 2.86. The zero-order chi connectivity index (χ0) is 20.9. The zero-order valence-corrected chi connectivity index (χ0v) is 18.3. The summed E-state index contributed by atoms with van der Waals surface area (Å²) >= 11 is 0. The Bertz CT molecular complexity index is 779. The molecule has 0 saturated carbocycles. The van der Waals surface area contributed by atoms with Crippen LogP contribution in [-0.4, -0.2) is 59.8 Å². The fourth-order valence-electron chi connectivity index (χ4n) is 4.44. The topological polar surface area (TPSA) is 47.1 Å². The quantitative estimate of drug-likeness (QED) is 0.694. The van der Waals surface area contributed by atoms with E-state index in [-0.39, 0.29) is 23.4 Å². The molecule has 0 aromatic rings. The van der Waals surface area contributed by atoms with Crippen LogP contribution in [0.5, 0.6) is 0 Å². The standard InChI is InChI=1S/C22H32N4O2/c1-9-15-11-25(23(5)6)19-17(13(15)3)21(27)18-14(4)16(10-2)12-26(24(7)8)20(18)22(19)28/h11-14H,9-10H2,1-8H3. The van der Waals surface area contributed by atoms with Gasteiger partial charge in [-0.25, -0.2) is 10.0 Å². The highest BCUT2D eigenvalue weighted by molar-refractivity contribution is 6.25. The zero-order valence-electron chi connectivity index (χ0n) is 18.3. The van der Waals surface area contributed by atoms with E-state index in [2.05, 4.69) is 13.8 Å². The first kappa shape index (κ1) is 20.6. The molecule has 1 aliphatic carbocycles. The lowest BCUT2D eigenvalue weighted by atomic mass is 9.73. The van der Waals surface area contributed by atoms with Crippen molar-refractivity contribution < 1.29 is 9.59 Å². The Kier molecular flexibility index (Phi) is 5.38. The second-order valence-corrected chi connectivity index (χ2v) is 8.12. The third-order valence-electron chi connectivity index (χ3n) is 6.12. The van der Waals surface area contributed by atoms with Crippen LogP contribution in [0, 0.1) is 11.8 Å². The van der Waals surface area contributed by atoms with E-state index in [1.807, 2.05) is 74.5 Å². The minimum Gasteiger partial charge on any atom is -0.289 e. The molecule has 6 nitrogen and oxygen atoms in total. The number of hydrazine groups is 2. The molecule has 6 heteroatoms. The summed E-state index contributed by atoms with van der Waals surface area (Å²) in [7, 11) is 7.59. The third-order valence-corrected chi connectivity index (χ3v) is 6.12. The lowest BCUT2D eigenvalue weighted by Crippen LogP contribution is -2.49. The molecule has 3 rings (SSSR count). The highest BCUT2D eigenvalue weighted by Crippen LogP contribution is 2.45. The predicted molar refractivity (Wildman–Crippen MR) is 110 cm³/mol. The Morgan fingerprint density at radius 1 is 0.750 bits per heavy atom. The summed E-state index contributed by atoms with van der Waals surface area (Å²) < 4.78 is 0. The van der Waals surface area contributed by atoms with Gasteiger partial charge in [0.2, 0.25) is 5.78 Å². The van der Waals surface area contributed by atoms with Crippen molar-refractivity contribution in [2.45, 2.75) is 40.5 Å². The van der Waals surface area contributed by atoms with Gasteiger partial charge in [0, 0.05) is 63.6 Å². The Labute approximate surface area is 168 Å². The van der Waals surface area contributed by atoms with Crippen LogP contribution in [0.4, 0.5) is 0 Å². The molecule has 0 spiro atoms. The van der Waals surface area contributed by atoms with E-state index in [0.29, 0.717) is 22.5 Å². The average Bonchev–Trinajstić information content (AvgIpc) is 2.64. The molecule has 0 amide bonds. The van der Waals surface area contributed by atoms with Gasteiger partial charge in [-0.05, 0) is 24.0 Å². The van der Waals surface area contributed by atoms with Crippen LogP contribution in [0.15, 0.2) is 46.1 Å². The van der Waals surface area contributed by atoms with Crippen molar-refractivity contribution in [2.75, 3.05) is 28.2 Å². The van der Waals surface area contributed by atoms with E-state index >= 15 is 0 Å². The summed E-state index contributed by atoms with van der Waals surface area (Å²) in [5.74, 6) is -0.180. The summed E-state index contributed by atoms with van der Waals surface area (Å²) in [6, 6.07) is 0. The van der Waals surface area contributed by atoms with Crippen LogP contribution in [0.25, 0.3) is 0 Å². The molecule has 0 N–H and O–H groups in total. The van der Waals surface area contributed by atoms with Crippen LogP contribution < -0.4 is 0 Å². The molecule has 2 atom stereocenters. The summed E-state index contributed by atoms with van der Waals surface area (Å²) in [5.41, 5.74) is 4.59. The van der Waals surface area contributed by atoms with Gasteiger partial charge < -0.3 is 0 Å². The van der Waals surface area contributed by atoms with Crippen molar-refractivity contribution in [3.05, 3.63) is 46.1 Å². The molecule has 0 aromatic carbocycles. The van der Waals surface area contributed by atoms with Crippen LogP contribution in [-0.2, 0) is 9.59 Å². The number of hydrogen-bond acceptors (Lipinski definition) is 6. The maximum atomic E-state index is 13.8. The van der Waals surface area contributed by atoms with Crippen LogP contribution in [0.2, 0.25) is 0 Å². The highest BCUT2D eigenvalue weighted by Gasteiger charge is 2.47. The Balaban J connectivity index is 2.22. The second-order valence-electron chi connectivity index (χ2n) is 8.12. The first-order valence-electron chi connectivity index (χ1n) is 10.1. The SMILES string of the molecule is CCC1=CN(N(C)C)C2=C(C(=O)C3=C(C2=O)N(N(C)C)C=C(CC)C3C)C1C. The largest absolute Gasteiger partial charge is 0.289 e. The van der Waals surface area contributed by atoms with Crippen molar-refractivity contribution >= 4 is 11.6 Å². The number of rotatable bonds is 4. The normalized spacial score (nSPS) is 25.5. The molecule has 0 bridgehead atoms. The molecule has 2 heterocycles. The number of nitrogens with zero attached hydrogens (tertiary/aromatic N) is 4. The van der Waals surface area contributed by atoms with Gasteiger partial charge in [-0.2, -0.15) is 0 Å². The molecule has 0 aromatic heterocycles. The molecule has 2 unspecified atom stereocenters. The number of Topliss-reactive ketones (excluding diaryl/α,β-unsaturated/α-hetero) is 2. The van der Waals surface area contributed by atoms with Crippen molar-refractivity contribution in [1.29, 1.82) is 0 Å². The number of allylic oxidation sites excluding steroid dienone is 4. The summed E-state index contributed by atoms with van der Waals surface area (Å²) in [6.07, 6.45) is 5.71. The maximum absolute atomic E-state index is 13.8. The minimum atomic E-state index is -0.0801. The molecule has 0 radical (unpaired) electrons. The van der Waals surface area contributed by atoms with E-state index in [9.17, 15) is 9.59 Å². The average molecular weight is 385 g/mol. The fourth-order valence-corrected chi connectivity index (χ4v) is 4.44. The summed E-state index contributed by atoms with van der Waals surface area (Å²) in [5, 5.41) is 7.42. The minimum absolute atomic E-state index is 0.0152. The summed E-state index contributed by atoms with van der Waals surface area (Å²) in [6.45, 7) is 8.28. The number of carbonyl (C=O) groups is 2. The molecule has 0 saturated heterocycles. The molecular weight excluding hydrogens is 352 g/mol. The van der Waals surface area contributed by atoms with E-state index in [0.717, 1.165) is 24.0 Å². The Morgan fingerprint density at radius 3 is 1.39 bits per heavy atom. The van der Waals surface area contributed by atoms with E-state index in [1.165, 1.54) is 0 Å². The number of ketones is 2. The molecule has 2 aliphatic heterocycles. The predicted octanol–water partition coefficient (Wildman–Crippen LogP) is 3.09. The second kappa shape index (κ2) is 7.33. The van der Waals surface area contributed by atoms with Crippen molar-refractivity contribution in [2.24, 2.45) is 11.8 Å². The van der Waals surface area contributed by atoms with Gasteiger partial charge >= 0.3 is 0 Å². The van der Waals surface area contributed by atoms with Crippen molar-refractivity contribution in [3.8, 4) is 0 Å². The van der Waals surface area contributed by atoms with Gasteiger partial charge in [-0.3, -0.25) is 19.6 Å². The lowest BCUT2D eigenvalue weighted by molar-refractivity contribution is -0.122. The first-order valence-corrected chi connectivity index (χ1v) is 10.1. The van der Waals surface area contributed by atoms with Crippen LogP contribution in [0.3, 0.4) is 0 Å². The smallest absolute Gasteiger partial charge is 0.229 e.